The van der Waals surface area contributed by atoms with Gasteiger partial charge < -0.3 is 4.90 Å². The zero-order valence-electron chi connectivity index (χ0n) is 12.8. The molecule has 0 amide bonds. The molecule has 0 aliphatic rings. The SMILES string of the molecule is CN(C)C[C@H](CCc1ccccc1)C(=O)c1ccccc1. The van der Waals surface area contributed by atoms with Gasteiger partial charge in [0.15, 0.2) is 5.78 Å². The molecule has 0 aliphatic heterocycles. The molecule has 0 aliphatic carbocycles. The number of carbonyl (C=O) groups is 1. The Morgan fingerprint density at radius 3 is 2.10 bits per heavy atom. The molecule has 2 nitrogen and oxygen atoms in total. The molecule has 0 fully saturated rings. The van der Waals surface area contributed by atoms with Crippen LogP contribution in [0.25, 0.3) is 0 Å². The third-order valence-corrected chi connectivity index (χ3v) is 3.64. The van der Waals surface area contributed by atoms with Gasteiger partial charge >= 0.3 is 0 Å². The molecule has 0 spiro atoms. The van der Waals surface area contributed by atoms with Crippen molar-refractivity contribution in [3.05, 3.63) is 71.8 Å². The van der Waals surface area contributed by atoms with E-state index in [0.717, 1.165) is 24.9 Å². The van der Waals surface area contributed by atoms with E-state index in [0.29, 0.717) is 0 Å². The monoisotopic (exact) mass is 281 g/mol. The molecule has 0 heterocycles. The van der Waals surface area contributed by atoms with E-state index >= 15 is 0 Å². The highest BCUT2D eigenvalue weighted by Gasteiger charge is 2.20. The van der Waals surface area contributed by atoms with Crippen LogP contribution in [0.15, 0.2) is 60.7 Å². The Labute approximate surface area is 127 Å². The molecule has 0 unspecified atom stereocenters. The maximum atomic E-state index is 12.7. The van der Waals surface area contributed by atoms with Crippen LogP contribution in [0.3, 0.4) is 0 Å². The summed E-state index contributed by atoms with van der Waals surface area (Å²) < 4.78 is 0. The topological polar surface area (TPSA) is 20.3 Å². The van der Waals surface area contributed by atoms with Gasteiger partial charge in [0, 0.05) is 18.0 Å². The average Bonchev–Trinajstić information content (AvgIpc) is 2.52. The minimum Gasteiger partial charge on any atom is -0.309 e. The number of ketones is 1. The summed E-state index contributed by atoms with van der Waals surface area (Å²) in [6.45, 7) is 0.792. The second-order valence-electron chi connectivity index (χ2n) is 5.71. The summed E-state index contributed by atoms with van der Waals surface area (Å²) >= 11 is 0. The summed E-state index contributed by atoms with van der Waals surface area (Å²) in [6, 6.07) is 20.0. The van der Waals surface area contributed by atoms with E-state index < -0.39 is 0 Å². The van der Waals surface area contributed by atoms with E-state index in [-0.39, 0.29) is 11.7 Å². The first-order valence-electron chi connectivity index (χ1n) is 7.44. The maximum Gasteiger partial charge on any atom is 0.167 e. The Morgan fingerprint density at radius 2 is 1.52 bits per heavy atom. The van der Waals surface area contributed by atoms with Crippen LogP contribution in [0.4, 0.5) is 0 Å². The highest BCUT2D eigenvalue weighted by molar-refractivity contribution is 5.97. The summed E-state index contributed by atoms with van der Waals surface area (Å²) in [5, 5.41) is 0. The van der Waals surface area contributed by atoms with Gasteiger partial charge in [0.05, 0.1) is 0 Å². The van der Waals surface area contributed by atoms with Crippen LogP contribution >= 0.6 is 0 Å². The fourth-order valence-corrected chi connectivity index (χ4v) is 2.57. The summed E-state index contributed by atoms with van der Waals surface area (Å²) in [5.74, 6) is 0.294. The van der Waals surface area contributed by atoms with Gasteiger partial charge in [-0.1, -0.05) is 60.7 Å². The van der Waals surface area contributed by atoms with Crippen molar-refractivity contribution in [1.29, 1.82) is 0 Å². The molecule has 110 valence electrons. The lowest BCUT2D eigenvalue weighted by atomic mass is 9.91. The molecule has 1 atom stereocenters. The van der Waals surface area contributed by atoms with Gasteiger partial charge in [-0.05, 0) is 32.5 Å². The molecule has 0 radical (unpaired) electrons. The van der Waals surface area contributed by atoms with E-state index in [1.165, 1.54) is 5.56 Å². The number of aryl methyl sites for hydroxylation is 1. The van der Waals surface area contributed by atoms with Gasteiger partial charge in [-0.3, -0.25) is 4.79 Å². The van der Waals surface area contributed by atoms with Crippen molar-refractivity contribution in [3.63, 3.8) is 0 Å². The highest BCUT2D eigenvalue weighted by atomic mass is 16.1. The molecule has 0 N–H and O–H groups in total. The number of nitrogens with zero attached hydrogens (tertiary/aromatic N) is 1. The van der Waals surface area contributed by atoms with Gasteiger partial charge in [0.2, 0.25) is 0 Å². The van der Waals surface area contributed by atoms with E-state index in [1.807, 2.05) is 50.5 Å². The van der Waals surface area contributed by atoms with E-state index in [9.17, 15) is 4.79 Å². The largest absolute Gasteiger partial charge is 0.309 e. The van der Waals surface area contributed by atoms with Crippen molar-refractivity contribution in [2.24, 2.45) is 5.92 Å². The normalized spacial score (nSPS) is 12.3. The van der Waals surface area contributed by atoms with Crippen LogP contribution in [0.2, 0.25) is 0 Å². The highest BCUT2D eigenvalue weighted by Crippen LogP contribution is 2.16. The molecular weight excluding hydrogens is 258 g/mol. The molecule has 2 aromatic carbocycles. The minimum atomic E-state index is 0.0441. The zero-order chi connectivity index (χ0) is 15.1. The van der Waals surface area contributed by atoms with Crippen molar-refractivity contribution in [2.45, 2.75) is 12.8 Å². The van der Waals surface area contributed by atoms with Crippen LogP contribution in [-0.4, -0.2) is 31.3 Å². The first-order chi connectivity index (χ1) is 10.2. The maximum absolute atomic E-state index is 12.7. The number of carbonyl (C=O) groups excluding carboxylic acids is 1. The third kappa shape index (κ3) is 4.83. The fraction of sp³-hybridized carbons (Fsp3) is 0.316. The molecule has 2 aromatic rings. The second kappa shape index (κ2) is 7.75. The van der Waals surface area contributed by atoms with E-state index in [2.05, 4.69) is 29.2 Å². The number of Topliss-reactive ketones (excluding diaryl/α,β-unsaturated/α-hetero) is 1. The Hall–Kier alpha value is -1.93. The number of hydrogen-bond donors (Lipinski definition) is 0. The van der Waals surface area contributed by atoms with Crippen molar-refractivity contribution in [2.75, 3.05) is 20.6 Å². The summed E-state index contributed by atoms with van der Waals surface area (Å²) in [7, 11) is 4.04. The molecule has 2 heteroatoms. The Kier molecular flexibility index (Phi) is 5.70. The van der Waals surface area contributed by atoms with Crippen molar-refractivity contribution in [3.8, 4) is 0 Å². The molecule has 0 saturated heterocycles. The predicted molar refractivity (Wildman–Crippen MR) is 87.6 cm³/mol. The van der Waals surface area contributed by atoms with Gasteiger partial charge in [0.25, 0.3) is 0 Å². The van der Waals surface area contributed by atoms with Crippen molar-refractivity contribution in [1.82, 2.24) is 4.90 Å². The van der Waals surface area contributed by atoms with Gasteiger partial charge in [-0.25, -0.2) is 0 Å². The lowest BCUT2D eigenvalue weighted by molar-refractivity contribution is 0.0890. The molecule has 21 heavy (non-hydrogen) atoms. The summed E-state index contributed by atoms with van der Waals surface area (Å²) in [5.41, 5.74) is 2.11. The number of hydrogen-bond acceptors (Lipinski definition) is 2. The molecule has 0 bridgehead atoms. The predicted octanol–water partition coefficient (Wildman–Crippen LogP) is 3.68. The quantitative estimate of drug-likeness (QED) is 0.722. The second-order valence-corrected chi connectivity index (χ2v) is 5.71. The lowest BCUT2D eigenvalue weighted by Gasteiger charge is -2.20. The van der Waals surface area contributed by atoms with Crippen LogP contribution in [0.1, 0.15) is 22.3 Å². The smallest absolute Gasteiger partial charge is 0.167 e. The van der Waals surface area contributed by atoms with E-state index in [1.54, 1.807) is 0 Å². The van der Waals surface area contributed by atoms with Gasteiger partial charge in [-0.15, -0.1) is 0 Å². The number of benzene rings is 2. The van der Waals surface area contributed by atoms with Crippen LogP contribution < -0.4 is 0 Å². The van der Waals surface area contributed by atoms with Crippen LogP contribution in [0.5, 0.6) is 0 Å². The Bertz CT molecular complexity index is 548. The van der Waals surface area contributed by atoms with E-state index in [4.69, 9.17) is 0 Å². The van der Waals surface area contributed by atoms with Crippen molar-refractivity contribution >= 4 is 5.78 Å². The molecule has 0 saturated carbocycles. The zero-order valence-corrected chi connectivity index (χ0v) is 12.8. The average molecular weight is 281 g/mol. The molecular formula is C19H23NO. The lowest BCUT2D eigenvalue weighted by Crippen LogP contribution is -2.28. The number of rotatable bonds is 7. The standard InChI is InChI=1S/C19H23NO/c1-20(2)15-18(14-13-16-9-5-3-6-10-16)19(21)17-11-7-4-8-12-17/h3-12,18H,13-15H2,1-2H3/t18-/m0/s1. The summed E-state index contributed by atoms with van der Waals surface area (Å²) in [6.07, 6.45) is 1.83. The first-order valence-corrected chi connectivity index (χ1v) is 7.44. The van der Waals surface area contributed by atoms with Gasteiger partial charge in [0.1, 0.15) is 0 Å². The third-order valence-electron chi connectivity index (χ3n) is 3.64. The Balaban J connectivity index is 2.05. The van der Waals surface area contributed by atoms with Gasteiger partial charge in [-0.2, -0.15) is 0 Å². The minimum absolute atomic E-state index is 0.0441. The van der Waals surface area contributed by atoms with Crippen molar-refractivity contribution < 1.29 is 4.79 Å². The van der Waals surface area contributed by atoms with Crippen LogP contribution in [-0.2, 0) is 6.42 Å². The molecule has 2 rings (SSSR count). The molecule has 0 aromatic heterocycles. The fourth-order valence-electron chi connectivity index (χ4n) is 2.57. The summed E-state index contributed by atoms with van der Waals surface area (Å²) in [4.78, 5) is 14.8. The first kappa shape index (κ1) is 15.5. The Morgan fingerprint density at radius 1 is 0.952 bits per heavy atom. The van der Waals surface area contributed by atoms with Crippen LogP contribution in [0, 0.1) is 5.92 Å².